The SMILES string of the molecule is CCS(=O)(=O)C(Cl)(Cl)S(C)(=O)=O. The topological polar surface area (TPSA) is 68.3 Å². The first kappa shape index (κ1) is 12.5. The molecule has 0 bridgehead atoms. The van der Waals surface area contributed by atoms with Gasteiger partial charge in [-0.2, -0.15) is 0 Å². The largest absolute Gasteiger partial charge is 0.318 e. The van der Waals surface area contributed by atoms with E-state index in [1.807, 2.05) is 0 Å². The van der Waals surface area contributed by atoms with Crippen LogP contribution in [0.25, 0.3) is 0 Å². The molecule has 0 amide bonds. The molecule has 0 aliphatic carbocycles. The molecule has 4 nitrogen and oxygen atoms in total. The van der Waals surface area contributed by atoms with E-state index in [1.165, 1.54) is 6.92 Å². The number of alkyl halides is 2. The monoisotopic (exact) mass is 254 g/mol. The minimum atomic E-state index is -4.03. The molecule has 0 aromatic rings. The molecule has 0 radical (unpaired) electrons. The smallest absolute Gasteiger partial charge is 0.225 e. The zero-order valence-corrected chi connectivity index (χ0v) is 9.56. The van der Waals surface area contributed by atoms with E-state index in [2.05, 4.69) is 0 Å². The second-order valence-corrected chi connectivity index (χ2v) is 9.20. The van der Waals surface area contributed by atoms with Crippen molar-refractivity contribution in [2.24, 2.45) is 0 Å². The van der Waals surface area contributed by atoms with Crippen molar-refractivity contribution >= 4 is 42.9 Å². The average Bonchev–Trinajstić information content (AvgIpc) is 1.85. The van der Waals surface area contributed by atoms with Gasteiger partial charge in [0.25, 0.3) is 0 Å². The van der Waals surface area contributed by atoms with Crippen molar-refractivity contribution in [2.45, 2.75) is 9.92 Å². The second-order valence-electron chi connectivity index (χ2n) is 2.14. The summed E-state index contributed by atoms with van der Waals surface area (Å²) in [5.41, 5.74) is 0. The standard InChI is InChI=1S/C4H8Cl2O4S2/c1-3-12(9,10)4(5,6)11(2,7)8/h3H2,1-2H3. The molecule has 0 spiro atoms. The zero-order valence-electron chi connectivity index (χ0n) is 6.41. The fourth-order valence-electron chi connectivity index (χ4n) is 0.399. The summed E-state index contributed by atoms with van der Waals surface area (Å²) >= 11 is 10.4. The van der Waals surface area contributed by atoms with Gasteiger partial charge in [0.15, 0.2) is 19.7 Å². The molecule has 74 valence electrons. The van der Waals surface area contributed by atoms with Crippen LogP contribution in [-0.2, 0) is 19.7 Å². The molecule has 0 aromatic carbocycles. The Kier molecular flexibility index (Phi) is 3.46. The molecule has 0 fully saturated rings. The van der Waals surface area contributed by atoms with Crippen LogP contribution in [0.3, 0.4) is 0 Å². The van der Waals surface area contributed by atoms with Gasteiger partial charge in [0, 0.05) is 6.26 Å². The zero-order chi connectivity index (χ0) is 10.2. The summed E-state index contributed by atoms with van der Waals surface area (Å²) in [5, 5.41) is 0. The van der Waals surface area contributed by atoms with Gasteiger partial charge in [0.1, 0.15) is 0 Å². The molecule has 0 aliphatic heterocycles. The number of sulfone groups is 2. The van der Waals surface area contributed by atoms with Crippen LogP contribution in [0.2, 0.25) is 0 Å². The van der Waals surface area contributed by atoms with E-state index in [4.69, 9.17) is 23.2 Å². The molecule has 12 heavy (non-hydrogen) atoms. The first-order valence-electron chi connectivity index (χ1n) is 2.86. The molecule has 0 unspecified atom stereocenters. The van der Waals surface area contributed by atoms with Gasteiger partial charge in [0.2, 0.25) is 0 Å². The van der Waals surface area contributed by atoms with E-state index >= 15 is 0 Å². The summed E-state index contributed by atoms with van der Waals surface area (Å²) in [7, 11) is -8.04. The van der Waals surface area contributed by atoms with Crippen LogP contribution in [0.1, 0.15) is 6.92 Å². The maximum absolute atomic E-state index is 11.0. The molecular formula is C4H8Cl2O4S2. The molecule has 0 rings (SSSR count). The highest BCUT2D eigenvalue weighted by molar-refractivity contribution is 8.14. The van der Waals surface area contributed by atoms with E-state index in [1.54, 1.807) is 0 Å². The van der Waals surface area contributed by atoms with Gasteiger partial charge in [-0.25, -0.2) is 16.8 Å². The third-order valence-corrected chi connectivity index (χ3v) is 8.28. The molecular weight excluding hydrogens is 247 g/mol. The Bertz CT molecular complexity index is 353. The van der Waals surface area contributed by atoms with Crippen LogP contribution in [0.5, 0.6) is 0 Å². The van der Waals surface area contributed by atoms with Gasteiger partial charge >= 0.3 is 3.00 Å². The van der Waals surface area contributed by atoms with Crippen molar-refractivity contribution < 1.29 is 16.8 Å². The summed E-state index contributed by atoms with van der Waals surface area (Å²) in [5.74, 6) is -0.424. The molecule has 0 atom stereocenters. The highest BCUT2D eigenvalue weighted by Gasteiger charge is 2.48. The van der Waals surface area contributed by atoms with Crippen LogP contribution in [0.15, 0.2) is 0 Å². The van der Waals surface area contributed by atoms with Crippen molar-refractivity contribution in [3.8, 4) is 0 Å². The van der Waals surface area contributed by atoms with Crippen LogP contribution in [0, 0.1) is 0 Å². The lowest BCUT2D eigenvalue weighted by Crippen LogP contribution is -2.35. The van der Waals surface area contributed by atoms with Crippen LogP contribution in [0.4, 0.5) is 0 Å². The maximum Gasteiger partial charge on any atom is 0.318 e. The Morgan fingerprint density at radius 1 is 1.17 bits per heavy atom. The van der Waals surface area contributed by atoms with E-state index in [0.29, 0.717) is 6.26 Å². The van der Waals surface area contributed by atoms with Gasteiger partial charge in [-0.3, -0.25) is 0 Å². The Morgan fingerprint density at radius 3 is 1.58 bits per heavy atom. The van der Waals surface area contributed by atoms with Gasteiger partial charge in [-0.1, -0.05) is 30.1 Å². The van der Waals surface area contributed by atoms with Crippen molar-refractivity contribution in [3.63, 3.8) is 0 Å². The first-order chi connectivity index (χ1) is 5.06. The Labute approximate surface area is 81.7 Å². The quantitative estimate of drug-likeness (QED) is 0.691. The van der Waals surface area contributed by atoms with Crippen LogP contribution in [-0.4, -0.2) is 31.8 Å². The Hall–Kier alpha value is 0.480. The number of halogens is 2. The summed E-state index contributed by atoms with van der Waals surface area (Å²) in [6.45, 7) is 1.26. The highest BCUT2D eigenvalue weighted by Crippen LogP contribution is 2.34. The molecule has 0 heterocycles. The van der Waals surface area contributed by atoms with Gasteiger partial charge < -0.3 is 0 Å². The second kappa shape index (κ2) is 3.32. The molecule has 0 saturated carbocycles. The molecule has 0 N–H and O–H groups in total. The van der Waals surface area contributed by atoms with Crippen molar-refractivity contribution in [3.05, 3.63) is 0 Å². The van der Waals surface area contributed by atoms with Gasteiger partial charge in [0.05, 0.1) is 5.75 Å². The van der Waals surface area contributed by atoms with E-state index in [-0.39, 0.29) is 0 Å². The third-order valence-electron chi connectivity index (χ3n) is 1.17. The first-order valence-corrected chi connectivity index (χ1v) is 7.16. The number of hydrogen-bond acceptors (Lipinski definition) is 4. The van der Waals surface area contributed by atoms with Crippen LogP contribution < -0.4 is 0 Å². The van der Waals surface area contributed by atoms with Crippen molar-refractivity contribution in [1.82, 2.24) is 0 Å². The van der Waals surface area contributed by atoms with Crippen molar-refractivity contribution in [1.29, 1.82) is 0 Å². The fourth-order valence-corrected chi connectivity index (χ4v) is 3.59. The molecule has 0 aliphatic rings. The highest BCUT2D eigenvalue weighted by atomic mass is 35.5. The maximum atomic E-state index is 11.0. The predicted octanol–water partition coefficient (Wildman–Crippen LogP) is 0.555. The van der Waals surface area contributed by atoms with E-state index in [9.17, 15) is 16.8 Å². The number of rotatable bonds is 3. The Balaban J connectivity index is 5.46. The summed E-state index contributed by atoms with van der Waals surface area (Å²) < 4.78 is 41.0. The van der Waals surface area contributed by atoms with Gasteiger partial charge in [-0.15, -0.1) is 0 Å². The van der Waals surface area contributed by atoms with E-state index < -0.39 is 28.4 Å². The minimum Gasteiger partial charge on any atom is -0.225 e. The fraction of sp³-hybridized carbons (Fsp3) is 1.00. The van der Waals surface area contributed by atoms with Gasteiger partial charge in [-0.05, 0) is 0 Å². The predicted molar refractivity (Wildman–Crippen MR) is 48.7 cm³/mol. The summed E-state index contributed by atoms with van der Waals surface area (Å²) in [6, 6.07) is 0. The molecule has 0 saturated heterocycles. The molecule has 0 aromatic heterocycles. The Morgan fingerprint density at radius 2 is 1.50 bits per heavy atom. The molecule has 8 heteroatoms. The lowest BCUT2D eigenvalue weighted by Gasteiger charge is -2.16. The lowest BCUT2D eigenvalue weighted by molar-refractivity contribution is 0.585. The van der Waals surface area contributed by atoms with Crippen molar-refractivity contribution in [2.75, 3.05) is 12.0 Å². The van der Waals surface area contributed by atoms with Crippen LogP contribution >= 0.6 is 23.2 Å². The summed E-state index contributed by atoms with van der Waals surface area (Å²) in [6.07, 6.45) is 0.667. The third kappa shape index (κ3) is 2.04. The minimum absolute atomic E-state index is 0.424. The average molecular weight is 255 g/mol. The van der Waals surface area contributed by atoms with E-state index in [0.717, 1.165) is 0 Å². The normalized spacial score (nSPS) is 14.7. The summed E-state index contributed by atoms with van der Waals surface area (Å²) in [4.78, 5) is 0. The lowest BCUT2D eigenvalue weighted by atomic mass is 11.0. The number of hydrogen-bond donors (Lipinski definition) is 0.